The Morgan fingerprint density at radius 1 is 2.00 bits per heavy atom. The van der Waals surface area contributed by atoms with Crippen molar-refractivity contribution < 1.29 is 4.92 Å². The van der Waals surface area contributed by atoms with Gasteiger partial charge in [-0.1, -0.05) is 0 Å². The average molecular weight is 136 g/mol. The third-order valence-electron chi connectivity index (χ3n) is 0.661. The normalized spacial score (nSPS) is 11.5. The lowest BCUT2D eigenvalue weighted by Gasteiger charge is -1.83. The van der Waals surface area contributed by atoms with E-state index in [-0.39, 0.29) is 11.6 Å². The Hall–Kier alpha value is -0.570. The molecule has 46 valence electrons. The molecule has 0 aromatic rings. The second-order valence-corrected chi connectivity index (χ2v) is 1.57. The van der Waals surface area contributed by atoms with Gasteiger partial charge >= 0.3 is 0 Å². The summed E-state index contributed by atoms with van der Waals surface area (Å²) in [4.78, 5) is 9.30. The van der Waals surface area contributed by atoms with Crippen LogP contribution in [0.1, 0.15) is 6.92 Å². The van der Waals surface area contributed by atoms with E-state index in [1.165, 1.54) is 13.0 Å². The zero-order valence-electron chi connectivity index (χ0n) is 4.43. The van der Waals surface area contributed by atoms with E-state index in [9.17, 15) is 10.1 Å². The first-order valence-corrected chi connectivity index (χ1v) is 2.59. The molecule has 0 amide bonds. The van der Waals surface area contributed by atoms with Gasteiger partial charge in [-0.15, -0.1) is 11.6 Å². The minimum absolute atomic E-state index is 0.0972. The van der Waals surface area contributed by atoms with Gasteiger partial charge in [-0.25, -0.2) is 0 Å². The van der Waals surface area contributed by atoms with Crippen LogP contribution in [0.3, 0.4) is 0 Å². The largest absolute Gasteiger partial charge is 0.259 e. The summed E-state index contributed by atoms with van der Waals surface area (Å²) in [5, 5.41) is 9.77. The zero-order chi connectivity index (χ0) is 6.57. The Morgan fingerprint density at radius 3 is 2.62 bits per heavy atom. The first-order chi connectivity index (χ1) is 3.68. The fraction of sp³-hybridized carbons (Fsp3) is 0.500. The standard InChI is InChI=1S/C4H6ClNO2/c1-4(2-3-5)6(7)8/h2H,3H2,1H3. The number of alkyl halides is 1. The first-order valence-electron chi connectivity index (χ1n) is 2.05. The Morgan fingerprint density at radius 2 is 2.50 bits per heavy atom. The van der Waals surface area contributed by atoms with Crippen LogP contribution in [0.15, 0.2) is 11.8 Å². The van der Waals surface area contributed by atoms with Crippen LogP contribution in [0.4, 0.5) is 0 Å². The van der Waals surface area contributed by atoms with Gasteiger partial charge in [0.2, 0.25) is 5.70 Å². The van der Waals surface area contributed by atoms with Crippen LogP contribution in [-0.2, 0) is 0 Å². The maximum Gasteiger partial charge on any atom is 0.240 e. The molecule has 0 unspecified atom stereocenters. The zero-order valence-corrected chi connectivity index (χ0v) is 5.18. The van der Waals surface area contributed by atoms with E-state index < -0.39 is 4.92 Å². The summed E-state index contributed by atoms with van der Waals surface area (Å²) in [6, 6.07) is 0. The lowest BCUT2D eigenvalue weighted by molar-refractivity contribution is -0.424. The lowest BCUT2D eigenvalue weighted by Crippen LogP contribution is -1.92. The molecule has 0 aromatic carbocycles. The molecule has 0 fully saturated rings. The fourth-order valence-electron chi connectivity index (χ4n) is 0.186. The Labute approximate surface area is 52.1 Å². The maximum atomic E-state index is 9.77. The molecule has 0 aliphatic heterocycles. The van der Waals surface area contributed by atoms with Crippen molar-refractivity contribution in [3.05, 3.63) is 21.9 Å². The second-order valence-electron chi connectivity index (χ2n) is 1.26. The monoisotopic (exact) mass is 135 g/mol. The summed E-state index contributed by atoms with van der Waals surface area (Å²) in [5.41, 5.74) is 0.0972. The summed E-state index contributed by atoms with van der Waals surface area (Å²) >= 11 is 5.16. The minimum atomic E-state index is -0.470. The van der Waals surface area contributed by atoms with Gasteiger partial charge in [-0.05, 0) is 0 Å². The van der Waals surface area contributed by atoms with E-state index in [4.69, 9.17) is 11.6 Å². The van der Waals surface area contributed by atoms with Gasteiger partial charge < -0.3 is 0 Å². The van der Waals surface area contributed by atoms with E-state index >= 15 is 0 Å². The summed E-state index contributed by atoms with van der Waals surface area (Å²) in [5.74, 6) is 0.201. The van der Waals surface area contributed by atoms with Crippen molar-refractivity contribution in [2.75, 3.05) is 5.88 Å². The second kappa shape index (κ2) is 3.43. The molecule has 0 bridgehead atoms. The molecule has 0 spiro atoms. The summed E-state index contributed by atoms with van der Waals surface area (Å²) in [6.45, 7) is 1.41. The topological polar surface area (TPSA) is 43.1 Å². The minimum Gasteiger partial charge on any atom is -0.259 e. The van der Waals surface area contributed by atoms with Crippen LogP contribution in [0.5, 0.6) is 0 Å². The molecule has 0 aliphatic carbocycles. The number of nitro groups is 1. The lowest BCUT2D eigenvalue weighted by atomic mass is 10.5. The number of allylic oxidation sites excluding steroid dienone is 2. The third-order valence-corrected chi connectivity index (χ3v) is 0.815. The number of rotatable bonds is 2. The molecular formula is C4H6ClNO2. The first kappa shape index (κ1) is 7.43. The summed E-state index contributed by atoms with van der Waals surface area (Å²) < 4.78 is 0. The average Bonchev–Trinajstić information content (AvgIpc) is 1.67. The van der Waals surface area contributed by atoms with Crippen LogP contribution in [0, 0.1) is 10.1 Å². The van der Waals surface area contributed by atoms with Gasteiger partial charge in [-0.3, -0.25) is 10.1 Å². The summed E-state index contributed by atoms with van der Waals surface area (Å²) in [6.07, 6.45) is 1.35. The van der Waals surface area contributed by atoms with Gasteiger partial charge in [0.15, 0.2) is 0 Å². The Kier molecular flexibility index (Phi) is 3.19. The molecule has 0 atom stereocenters. The molecule has 0 N–H and O–H groups in total. The molecule has 4 heteroatoms. The molecular weight excluding hydrogens is 130 g/mol. The SMILES string of the molecule is CC(=CCCl)[N+](=O)[O-]. The molecule has 0 saturated carbocycles. The Balaban J connectivity index is 3.80. The van der Waals surface area contributed by atoms with Gasteiger partial charge in [-0.2, -0.15) is 0 Å². The van der Waals surface area contributed by atoms with Crippen molar-refractivity contribution in [1.82, 2.24) is 0 Å². The molecule has 0 rings (SSSR count). The van der Waals surface area contributed by atoms with Gasteiger partial charge in [0.1, 0.15) is 0 Å². The Bertz CT molecular complexity index is 121. The van der Waals surface area contributed by atoms with Crippen LogP contribution in [0.2, 0.25) is 0 Å². The van der Waals surface area contributed by atoms with Gasteiger partial charge in [0.05, 0.1) is 4.92 Å². The molecule has 3 nitrogen and oxygen atoms in total. The predicted octanol–water partition coefficient (Wildman–Crippen LogP) is 1.41. The molecule has 0 saturated heterocycles. The van der Waals surface area contributed by atoms with Crippen molar-refractivity contribution >= 4 is 11.6 Å². The van der Waals surface area contributed by atoms with E-state index in [1.807, 2.05) is 0 Å². The van der Waals surface area contributed by atoms with Crippen molar-refractivity contribution in [3.63, 3.8) is 0 Å². The third kappa shape index (κ3) is 2.58. The maximum absolute atomic E-state index is 9.77. The van der Waals surface area contributed by atoms with Crippen LogP contribution < -0.4 is 0 Å². The van der Waals surface area contributed by atoms with Crippen molar-refractivity contribution in [2.24, 2.45) is 0 Å². The van der Waals surface area contributed by atoms with Crippen LogP contribution in [-0.4, -0.2) is 10.8 Å². The highest BCUT2D eigenvalue weighted by Gasteiger charge is 1.97. The van der Waals surface area contributed by atoms with E-state index in [0.29, 0.717) is 0 Å². The van der Waals surface area contributed by atoms with Crippen molar-refractivity contribution in [1.29, 1.82) is 0 Å². The summed E-state index contributed by atoms with van der Waals surface area (Å²) in [7, 11) is 0. The number of hydrogen-bond donors (Lipinski definition) is 0. The fourth-order valence-corrected chi connectivity index (χ4v) is 0.410. The smallest absolute Gasteiger partial charge is 0.240 e. The van der Waals surface area contributed by atoms with Crippen molar-refractivity contribution in [3.8, 4) is 0 Å². The number of nitrogens with zero attached hydrogens (tertiary/aromatic N) is 1. The van der Waals surface area contributed by atoms with Gasteiger partial charge in [0, 0.05) is 18.9 Å². The molecule has 0 aliphatic rings. The molecule has 0 aromatic heterocycles. The van der Waals surface area contributed by atoms with Crippen LogP contribution >= 0.6 is 11.6 Å². The number of halogens is 1. The van der Waals surface area contributed by atoms with Gasteiger partial charge in [0.25, 0.3) is 0 Å². The van der Waals surface area contributed by atoms with E-state index in [2.05, 4.69) is 0 Å². The van der Waals surface area contributed by atoms with Crippen LogP contribution in [0.25, 0.3) is 0 Å². The molecule has 8 heavy (non-hydrogen) atoms. The van der Waals surface area contributed by atoms with Crippen molar-refractivity contribution in [2.45, 2.75) is 6.92 Å². The predicted molar refractivity (Wildman–Crippen MR) is 31.5 cm³/mol. The highest BCUT2D eigenvalue weighted by Crippen LogP contribution is 1.92. The molecule has 0 radical (unpaired) electrons. The van der Waals surface area contributed by atoms with E-state index in [1.54, 1.807) is 0 Å². The molecule has 0 heterocycles. The number of hydrogen-bond acceptors (Lipinski definition) is 2. The van der Waals surface area contributed by atoms with E-state index in [0.717, 1.165) is 0 Å². The quantitative estimate of drug-likeness (QED) is 0.326. The highest BCUT2D eigenvalue weighted by atomic mass is 35.5. The highest BCUT2D eigenvalue weighted by molar-refractivity contribution is 6.18.